The summed E-state index contributed by atoms with van der Waals surface area (Å²) < 4.78 is 35.2. The number of methoxy groups -OCH3 is 1. The number of benzene rings is 2. The van der Waals surface area contributed by atoms with Crippen LogP contribution in [0.5, 0.6) is 11.5 Å². The van der Waals surface area contributed by atoms with Crippen LogP contribution in [0.3, 0.4) is 0 Å². The quantitative estimate of drug-likeness (QED) is 0.548. The van der Waals surface area contributed by atoms with Crippen LogP contribution in [0.4, 0.5) is 14.5 Å². The zero-order chi connectivity index (χ0) is 20.6. The summed E-state index contributed by atoms with van der Waals surface area (Å²) in [5, 5.41) is 6.57. The highest BCUT2D eigenvalue weighted by Crippen LogP contribution is 2.30. The van der Waals surface area contributed by atoms with Crippen molar-refractivity contribution in [2.75, 3.05) is 32.1 Å². The number of hydrogen-bond acceptors (Lipinski definition) is 4. The molecule has 1 fully saturated rings. The number of nitrogens with one attached hydrogen (secondary N) is 2. The van der Waals surface area contributed by atoms with Crippen molar-refractivity contribution in [3.8, 4) is 11.5 Å². The molecular weight excluding hydrogens is 378 g/mol. The van der Waals surface area contributed by atoms with Gasteiger partial charge in [-0.05, 0) is 24.6 Å². The smallest absolute Gasteiger partial charge is 0.387 e. The summed E-state index contributed by atoms with van der Waals surface area (Å²) in [6.07, 6.45) is 0.948. The van der Waals surface area contributed by atoms with Crippen molar-refractivity contribution in [2.45, 2.75) is 25.6 Å². The van der Waals surface area contributed by atoms with E-state index in [4.69, 9.17) is 4.74 Å². The maximum atomic E-state index is 12.6. The highest BCUT2D eigenvalue weighted by molar-refractivity contribution is 5.80. The van der Waals surface area contributed by atoms with E-state index >= 15 is 0 Å². The van der Waals surface area contributed by atoms with E-state index in [9.17, 15) is 8.78 Å². The van der Waals surface area contributed by atoms with Gasteiger partial charge in [0.15, 0.2) is 5.96 Å². The lowest BCUT2D eigenvalue weighted by Gasteiger charge is -2.22. The minimum Gasteiger partial charge on any atom is -0.495 e. The van der Waals surface area contributed by atoms with Crippen LogP contribution in [0, 0.1) is 0 Å². The van der Waals surface area contributed by atoms with Crippen LogP contribution in [-0.2, 0) is 6.54 Å². The number of anilines is 1. The summed E-state index contributed by atoms with van der Waals surface area (Å²) in [6, 6.07) is 14.9. The number of nitrogens with zero attached hydrogens (tertiary/aromatic N) is 2. The summed E-state index contributed by atoms with van der Waals surface area (Å²) >= 11 is 0. The molecule has 1 aliphatic rings. The second-order valence-electron chi connectivity index (χ2n) is 6.66. The first kappa shape index (κ1) is 20.7. The van der Waals surface area contributed by atoms with Crippen LogP contribution in [0.1, 0.15) is 12.0 Å². The van der Waals surface area contributed by atoms with Crippen molar-refractivity contribution in [3.63, 3.8) is 0 Å². The molecule has 2 N–H and O–H groups in total. The molecule has 1 aliphatic heterocycles. The van der Waals surface area contributed by atoms with E-state index in [0.29, 0.717) is 18.1 Å². The first-order valence-corrected chi connectivity index (χ1v) is 9.48. The third-order valence-electron chi connectivity index (χ3n) is 4.81. The average molecular weight is 404 g/mol. The second kappa shape index (κ2) is 9.95. The van der Waals surface area contributed by atoms with Crippen molar-refractivity contribution < 1.29 is 18.3 Å². The number of halogens is 2. The number of ether oxygens (including phenoxy) is 2. The molecule has 0 aliphatic carbocycles. The van der Waals surface area contributed by atoms with Gasteiger partial charge < -0.3 is 25.0 Å². The zero-order valence-corrected chi connectivity index (χ0v) is 16.6. The molecule has 0 saturated carbocycles. The number of aliphatic imine (C=N–C) groups is 1. The molecule has 2 aromatic carbocycles. The highest BCUT2D eigenvalue weighted by Gasteiger charge is 2.25. The summed E-state index contributed by atoms with van der Waals surface area (Å²) in [6.45, 7) is -0.814. The summed E-state index contributed by atoms with van der Waals surface area (Å²) in [4.78, 5) is 6.52. The summed E-state index contributed by atoms with van der Waals surface area (Å²) in [5.41, 5.74) is 1.71. The predicted octanol–water partition coefficient (Wildman–Crippen LogP) is 3.24. The Morgan fingerprint density at radius 3 is 2.62 bits per heavy atom. The molecule has 0 amide bonds. The molecule has 1 atom stereocenters. The molecule has 29 heavy (non-hydrogen) atoms. The first-order valence-electron chi connectivity index (χ1n) is 9.48. The van der Waals surface area contributed by atoms with Crippen LogP contribution < -0.4 is 25.0 Å². The van der Waals surface area contributed by atoms with Crippen LogP contribution in [0.15, 0.2) is 53.5 Å². The third-order valence-corrected chi connectivity index (χ3v) is 4.81. The number of alkyl halides is 2. The van der Waals surface area contributed by atoms with Gasteiger partial charge in [-0.15, -0.1) is 0 Å². The van der Waals surface area contributed by atoms with Gasteiger partial charge >= 0.3 is 6.61 Å². The van der Waals surface area contributed by atoms with Gasteiger partial charge in [-0.3, -0.25) is 4.99 Å². The van der Waals surface area contributed by atoms with Gasteiger partial charge in [0.25, 0.3) is 0 Å². The third kappa shape index (κ3) is 5.49. The molecule has 1 heterocycles. The lowest BCUT2D eigenvalue weighted by molar-refractivity contribution is -0.0504. The maximum absolute atomic E-state index is 12.6. The Hall–Kier alpha value is -3.03. The highest BCUT2D eigenvalue weighted by atomic mass is 19.3. The van der Waals surface area contributed by atoms with Gasteiger partial charge in [-0.25, -0.2) is 0 Å². The molecule has 0 aromatic heterocycles. The minimum atomic E-state index is -2.85. The van der Waals surface area contributed by atoms with Crippen LogP contribution in [0.25, 0.3) is 0 Å². The van der Waals surface area contributed by atoms with Gasteiger partial charge in [-0.1, -0.05) is 30.3 Å². The molecule has 1 unspecified atom stereocenters. The number of hydrogen-bond donors (Lipinski definition) is 2. The van der Waals surface area contributed by atoms with E-state index in [2.05, 4.69) is 25.3 Å². The van der Waals surface area contributed by atoms with Gasteiger partial charge in [0.1, 0.15) is 11.5 Å². The normalized spacial score (nSPS) is 16.8. The second-order valence-corrected chi connectivity index (χ2v) is 6.66. The Morgan fingerprint density at radius 2 is 1.90 bits per heavy atom. The molecule has 1 saturated heterocycles. The molecule has 0 bridgehead atoms. The Kier molecular flexibility index (Phi) is 7.10. The fraction of sp³-hybridized carbons (Fsp3) is 0.381. The first-order chi connectivity index (χ1) is 14.1. The number of guanidine groups is 1. The molecular formula is C21H26F2N4O2. The van der Waals surface area contributed by atoms with Crippen LogP contribution in [-0.4, -0.2) is 45.9 Å². The largest absolute Gasteiger partial charge is 0.495 e. The Morgan fingerprint density at radius 1 is 1.17 bits per heavy atom. The van der Waals surface area contributed by atoms with Crippen molar-refractivity contribution in [2.24, 2.45) is 4.99 Å². The summed E-state index contributed by atoms with van der Waals surface area (Å²) in [5.74, 6) is 1.63. The maximum Gasteiger partial charge on any atom is 0.387 e. The van der Waals surface area contributed by atoms with Gasteiger partial charge in [0, 0.05) is 38.3 Å². The van der Waals surface area contributed by atoms with E-state index in [0.717, 1.165) is 30.9 Å². The van der Waals surface area contributed by atoms with Crippen LogP contribution >= 0.6 is 0 Å². The number of para-hydroxylation sites is 3. The Balaban J connectivity index is 1.56. The van der Waals surface area contributed by atoms with E-state index in [1.165, 1.54) is 6.07 Å². The SMILES string of the molecule is CN=C(NCc1ccccc1OC(F)F)NC1CCN(c2ccccc2OC)C1. The van der Waals surface area contributed by atoms with E-state index in [1.807, 2.05) is 24.3 Å². The van der Waals surface area contributed by atoms with Crippen molar-refractivity contribution >= 4 is 11.6 Å². The van der Waals surface area contributed by atoms with Gasteiger partial charge in [0.2, 0.25) is 0 Å². The van der Waals surface area contributed by atoms with E-state index in [1.54, 1.807) is 32.4 Å². The van der Waals surface area contributed by atoms with Crippen molar-refractivity contribution in [1.29, 1.82) is 0 Å². The lowest BCUT2D eigenvalue weighted by Crippen LogP contribution is -2.44. The van der Waals surface area contributed by atoms with E-state index in [-0.39, 0.29) is 11.8 Å². The molecule has 0 radical (unpaired) electrons. The Bertz CT molecular complexity index is 832. The molecule has 8 heteroatoms. The fourth-order valence-electron chi connectivity index (χ4n) is 3.42. The molecule has 3 rings (SSSR count). The molecule has 0 spiro atoms. The monoisotopic (exact) mass is 404 g/mol. The zero-order valence-electron chi connectivity index (χ0n) is 16.6. The molecule has 2 aromatic rings. The standard InChI is InChI=1S/C21H26F2N4O2/c1-24-21(25-13-15-7-3-5-9-18(15)29-20(22)23)26-16-11-12-27(14-16)17-8-4-6-10-19(17)28-2/h3-10,16,20H,11-14H2,1-2H3,(H2,24,25,26). The topological polar surface area (TPSA) is 58.1 Å². The van der Waals surface area contributed by atoms with Crippen molar-refractivity contribution in [3.05, 3.63) is 54.1 Å². The minimum absolute atomic E-state index is 0.161. The predicted molar refractivity (Wildman–Crippen MR) is 110 cm³/mol. The number of rotatable bonds is 7. The van der Waals surface area contributed by atoms with Crippen molar-refractivity contribution in [1.82, 2.24) is 10.6 Å². The lowest BCUT2D eigenvalue weighted by atomic mass is 10.2. The molecule has 156 valence electrons. The molecule has 6 nitrogen and oxygen atoms in total. The van der Waals surface area contributed by atoms with Gasteiger partial charge in [-0.2, -0.15) is 8.78 Å². The van der Waals surface area contributed by atoms with Gasteiger partial charge in [0.05, 0.1) is 12.8 Å². The fourth-order valence-corrected chi connectivity index (χ4v) is 3.42. The van der Waals surface area contributed by atoms with E-state index < -0.39 is 6.61 Å². The average Bonchev–Trinajstić information content (AvgIpc) is 3.20. The van der Waals surface area contributed by atoms with Crippen LogP contribution in [0.2, 0.25) is 0 Å². The summed E-state index contributed by atoms with van der Waals surface area (Å²) in [7, 11) is 3.36. The Labute approximate surface area is 169 Å².